The Hall–Kier alpha value is -1.39. The Morgan fingerprint density at radius 2 is 1.89 bits per heavy atom. The Kier molecular flexibility index (Phi) is 5.99. The average molecular weight is 264 g/mol. The summed E-state index contributed by atoms with van der Waals surface area (Å²) in [5.74, 6) is -0.848. The average Bonchev–Trinajstić information content (AvgIpc) is 2.30. The summed E-state index contributed by atoms with van der Waals surface area (Å²) in [6, 6.07) is 4.11. The van der Waals surface area contributed by atoms with Gasteiger partial charge in [0.2, 0.25) is 0 Å². The number of aliphatic carboxylic acids is 1. The van der Waals surface area contributed by atoms with Crippen molar-refractivity contribution in [1.29, 1.82) is 0 Å². The number of carboxylic acids is 1. The summed E-state index contributed by atoms with van der Waals surface area (Å²) in [6.45, 7) is 7.72. The van der Waals surface area contributed by atoms with E-state index in [4.69, 9.17) is 10.8 Å². The van der Waals surface area contributed by atoms with Gasteiger partial charge in [0.25, 0.3) is 0 Å². The predicted molar refractivity (Wildman–Crippen MR) is 77.5 cm³/mol. The number of aryl methyl sites for hydroxylation is 3. The predicted octanol–water partition coefficient (Wildman–Crippen LogP) is 1.55. The first-order valence-electron chi connectivity index (χ1n) is 6.65. The Morgan fingerprint density at radius 1 is 1.26 bits per heavy atom. The van der Waals surface area contributed by atoms with Crippen molar-refractivity contribution in [3.63, 3.8) is 0 Å². The van der Waals surface area contributed by atoms with Gasteiger partial charge in [0.05, 0.1) is 6.42 Å². The maximum absolute atomic E-state index is 10.5. The third-order valence-corrected chi connectivity index (χ3v) is 3.37. The molecule has 0 heterocycles. The largest absolute Gasteiger partial charge is 0.481 e. The van der Waals surface area contributed by atoms with E-state index in [1.54, 1.807) is 0 Å². The summed E-state index contributed by atoms with van der Waals surface area (Å²) in [5, 5.41) is 11.8. The van der Waals surface area contributed by atoms with Crippen LogP contribution >= 0.6 is 0 Å². The van der Waals surface area contributed by atoms with Gasteiger partial charge in [0.1, 0.15) is 0 Å². The van der Waals surface area contributed by atoms with E-state index >= 15 is 0 Å². The van der Waals surface area contributed by atoms with E-state index in [2.05, 4.69) is 38.2 Å². The second-order valence-corrected chi connectivity index (χ2v) is 5.18. The fraction of sp³-hybridized carbons (Fsp3) is 0.533. The number of hydrogen-bond donors (Lipinski definition) is 3. The van der Waals surface area contributed by atoms with Crippen LogP contribution in [0, 0.1) is 20.8 Å². The Morgan fingerprint density at radius 3 is 2.53 bits per heavy atom. The molecule has 0 fully saturated rings. The lowest BCUT2D eigenvalue weighted by Gasteiger charge is -2.12. The zero-order valence-corrected chi connectivity index (χ0v) is 12.0. The molecule has 1 unspecified atom stereocenters. The minimum Gasteiger partial charge on any atom is -0.481 e. The highest BCUT2D eigenvalue weighted by atomic mass is 16.4. The van der Waals surface area contributed by atoms with Crippen LogP contribution in [0.15, 0.2) is 12.1 Å². The molecule has 4 N–H and O–H groups in total. The van der Waals surface area contributed by atoms with Crippen molar-refractivity contribution in [3.05, 3.63) is 34.4 Å². The molecule has 1 rings (SSSR count). The molecule has 0 amide bonds. The molecule has 19 heavy (non-hydrogen) atoms. The van der Waals surface area contributed by atoms with E-state index in [1.807, 2.05) is 0 Å². The van der Waals surface area contributed by atoms with Crippen molar-refractivity contribution in [2.24, 2.45) is 5.73 Å². The minimum atomic E-state index is -0.848. The molecule has 0 saturated heterocycles. The molecule has 0 aromatic heterocycles. The maximum Gasteiger partial charge on any atom is 0.304 e. The van der Waals surface area contributed by atoms with Crippen LogP contribution in [0.2, 0.25) is 0 Å². The maximum atomic E-state index is 10.5. The third kappa shape index (κ3) is 5.41. The van der Waals surface area contributed by atoms with Gasteiger partial charge >= 0.3 is 5.97 Å². The van der Waals surface area contributed by atoms with E-state index in [-0.39, 0.29) is 12.5 Å². The molecule has 4 nitrogen and oxygen atoms in total. The van der Waals surface area contributed by atoms with Crippen molar-refractivity contribution < 1.29 is 9.90 Å². The molecule has 1 atom stereocenters. The zero-order chi connectivity index (χ0) is 14.4. The molecule has 4 heteroatoms. The molecule has 0 radical (unpaired) electrons. The van der Waals surface area contributed by atoms with Crippen molar-refractivity contribution in [2.45, 2.75) is 39.7 Å². The van der Waals surface area contributed by atoms with Gasteiger partial charge in [-0.25, -0.2) is 0 Å². The van der Waals surface area contributed by atoms with Crippen LogP contribution in [0.1, 0.15) is 28.7 Å². The second kappa shape index (κ2) is 7.26. The molecule has 0 aliphatic rings. The topological polar surface area (TPSA) is 75.3 Å². The van der Waals surface area contributed by atoms with Gasteiger partial charge in [-0.15, -0.1) is 0 Å². The van der Waals surface area contributed by atoms with Crippen LogP contribution in [0.4, 0.5) is 0 Å². The summed E-state index contributed by atoms with van der Waals surface area (Å²) >= 11 is 0. The van der Waals surface area contributed by atoms with Crippen LogP contribution in [-0.2, 0) is 11.2 Å². The van der Waals surface area contributed by atoms with Gasteiger partial charge in [-0.3, -0.25) is 4.79 Å². The van der Waals surface area contributed by atoms with Crippen molar-refractivity contribution in [1.82, 2.24) is 5.32 Å². The summed E-state index contributed by atoms with van der Waals surface area (Å²) in [7, 11) is 0. The van der Waals surface area contributed by atoms with Crippen LogP contribution in [0.5, 0.6) is 0 Å². The number of nitrogens with two attached hydrogens (primary N) is 1. The lowest BCUT2D eigenvalue weighted by Crippen LogP contribution is -2.36. The normalized spacial score (nSPS) is 12.4. The number of hydrogen-bond acceptors (Lipinski definition) is 3. The minimum absolute atomic E-state index is 0.00959. The smallest absolute Gasteiger partial charge is 0.304 e. The molecule has 106 valence electrons. The van der Waals surface area contributed by atoms with E-state index in [1.165, 1.54) is 22.3 Å². The summed E-state index contributed by atoms with van der Waals surface area (Å²) in [5.41, 5.74) is 11.0. The van der Waals surface area contributed by atoms with Gasteiger partial charge in [-0.2, -0.15) is 0 Å². The standard InChI is InChI=1S/C15H24N2O2/c1-10-6-12(3)13(7-11(10)2)4-5-17-9-14(16)8-15(18)19/h6-7,14,17H,4-5,8-9,16H2,1-3H3,(H,18,19). The van der Waals surface area contributed by atoms with Gasteiger partial charge in [0, 0.05) is 12.6 Å². The first kappa shape index (κ1) is 15.7. The molecule has 1 aromatic rings. The number of benzene rings is 1. The number of nitrogens with one attached hydrogen (secondary N) is 1. The molecule has 0 aliphatic carbocycles. The van der Waals surface area contributed by atoms with Crippen molar-refractivity contribution in [2.75, 3.05) is 13.1 Å². The van der Waals surface area contributed by atoms with Gasteiger partial charge in [0.15, 0.2) is 0 Å². The van der Waals surface area contributed by atoms with Gasteiger partial charge in [-0.1, -0.05) is 12.1 Å². The highest BCUT2D eigenvalue weighted by Gasteiger charge is 2.07. The first-order valence-corrected chi connectivity index (χ1v) is 6.65. The molecule has 0 aliphatic heterocycles. The summed E-state index contributed by atoms with van der Waals surface area (Å²) < 4.78 is 0. The SMILES string of the molecule is Cc1cc(C)c(CCNCC(N)CC(=O)O)cc1C. The Labute approximate surface area is 115 Å². The summed E-state index contributed by atoms with van der Waals surface area (Å²) in [4.78, 5) is 10.5. The monoisotopic (exact) mass is 264 g/mol. The quantitative estimate of drug-likeness (QED) is 0.653. The Bertz CT molecular complexity index is 444. The van der Waals surface area contributed by atoms with Gasteiger partial charge in [-0.05, 0) is 56.0 Å². The molecule has 1 aromatic carbocycles. The second-order valence-electron chi connectivity index (χ2n) is 5.18. The number of carboxylic acid groups (broad SMARTS) is 1. The van der Waals surface area contributed by atoms with Crippen molar-refractivity contribution >= 4 is 5.97 Å². The van der Waals surface area contributed by atoms with E-state index in [9.17, 15) is 4.79 Å². The fourth-order valence-corrected chi connectivity index (χ4v) is 2.10. The number of carbonyl (C=O) groups is 1. The molecule has 0 spiro atoms. The zero-order valence-electron chi connectivity index (χ0n) is 12.0. The first-order chi connectivity index (χ1) is 8.90. The van der Waals surface area contributed by atoms with Crippen LogP contribution in [0.3, 0.4) is 0 Å². The number of rotatable bonds is 7. The van der Waals surface area contributed by atoms with Crippen LogP contribution in [0.25, 0.3) is 0 Å². The van der Waals surface area contributed by atoms with Crippen LogP contribution < -0.4 is 11.1 Å². The highest BCUT2D eigenvalue weighted by molar-refractivity contribution is 5.67. The fourth-order valence-electron chi connectivity index (χ4n) is 2.10. The lowest BCUT2D eigenvalue weighted by molar-refractivity contribution is -0.137. The summed E-state index contributed by atoms with van der Waals surface area (Å²) in [6.07, 6.45) is 0.947. The van der Waals surface area contributed by atoms with E-state index in [0.717, 1.165) is 13.0 Å². The van der Waals surface area contributed by atoms with E-state index < -0.39 is 5.97 Å². The lowest BCUT2D eigenvalue weighted by atomic mass is 9.99. The van der Waals surface area contributed by atoms with Crippen LogP contribution in [-0.4, -0.2) is 30.2 Å². The van der Waals surface area contributed by atoms with Gasteiger partial charge < -0.3 is 16.2 Å². The van der Waals surface area contributed by atoms with E-state index in [0.29, 0.717) is 6.54 Å². The molecule has 0 bridgehead atoms. The van der Waals surface area contributed by atoms with Crippen molar-refractivity contribution in [3.8, 4) is 0 Å². The molecular formula is C15H24N2O2. The molecular weight excluding hydrogens is 240 g/mol. The molecule has 0 saturated carbocycles. The third-order valence-electron chi connectivity index (χ3n) is 3.37. The highest BCUT2D eigenvalue weighted by Crippen LogP contribution is 2.15. The Balaban J connectivity index is 2.37.